The molecule has 2 atom stereocenters. The van der Waals surface area contributed by atoms with Crippen LogP contribution in [-0.2, 0) is 15.7 Å². The molecule has 4 rings (SSSR count). The van der Waals surface area contributed by atoms with Crippen molar-refractivity contribution in [2.24, 2.45) is 0 Å². The van der Waals surface area contributed by atoms with Crippen molar-refractivity contribution in [3.63, 3.8) is 0 Å². The van der Waals surface area contributed by atoms with Gasteiger partial charge in [0.25, 0.3) is 5.91 Å². The summed E-state index contributed by atoms with van der Waals surface area (Å²) in [5.41, 5.74) is 0.313. The average molecular weight is 563 g/mol. The van der Waals surface area contributed by atoms with E-state index >= 15 is 0 Å². The van der Waals surface area contributed by atoms with Crippen molar-refractivity contribution >= 4 is 17.9 Å². The van der Waals surface area contributed by atoms with E-state index in [1.54, 1.807) is 11.8 Å². The quantitative estimate of drug-likeness (QED) is 0.422. The van der Waals surface area contributed by atoms with Crippen LogP contribution in [0.4, 0.5) is 22.4 Å². The molecule has 3 amide bonds. The molecule has 0 saturated carbocycles. The van der Waals surface area contributed by atoms with Crippen molar-refractivity contribution in [3.05, 3.63) is 82.3 Å². The summed E-state index contributed by atoms with van der Waals surface area (Å²) in [5, 5.41) is 2.70. The molecule has 0 radical (unpaired) electrons. The van der Waals surface area contributed by atoms with Gasteiger partial charge in [-0.2, -0.15) is 13.2 Å². The molecule has 0 aromatic heterocycles. The molecule has 8 nitrogen and oxygen atoms in total. The monoisotopic (exact) mass is 562 g/mol. The average Bonchev–Trinajstić information content (AvgIpc) is 2.91. The van der Waals surface area contributed by atoms with E-state index in [4.69, 9.17) is 4.74 Å². The minimum absolute atomic E-state index is 0.0637. The molecule has 1 N–H and O–H groups in total. The van der Waals surface area contributed by atoms with Crippen LogP contribution in [0.15, 0.2) is 59.8 Å². The molecule has 0 spiro atoms. The van der Waals surface area contributed by atoms with Crippen molar-refractivity contribution in [3.8, 4) is 0 Å². The maximum Gasteiger partial charge on any atom is 0.416 e. The Morgan fingerprint density at radius 2 is 1.70 bits per heavy atom. The topological polar surface area (TPSA) is 82.2 Å². The predicted octanol–water partition coefficient (Wildman–Crippen LogP) is 4.20. The lowest BCUT2D eigenvalue weighted by Crippen LogP contribution is -2.56. The van der Waals surface area contributed by atoms with Gasteiger partial charge in [-0.25, -0.2) is 14.0 Å². The van der Waals surface area contributed by atoms with Crippen molar-refractivity contribution in [1.82, 2.24) is 20.0 Å². The van der Waals surface area contributed by atoms with Gasteiger partial charge in [-0.1, -0.05) is 12.1 Å². The number of hydrogen-bond acceptors (Lipinski definition) is 5. The zero-order chi connectivity index (χ0) is 29.2. The molecule has 2 aliphatic heterocycles. The van der Waals surface area contributed by atoms with Gasteiger partial charge in [-0.05, 0) is 55.8 Å². The second kappa shape index (κ2) is 11.7. The van der Waals surface area contributed by atoms with Gasteiger partial charge < -0.3 is 15.0 Å². The number of alkyl halides is 3. The maximum atomic E-state index is 13.3. The molecule has 0 aliphatic carbocycles. The van der Waals surface area contributed by atoms with Crippen LogP contribution < -0.4 is 5.32 Å². The minimum Gasteiger partial charge on any atom is -0.463 e. The predicted molar refractivity (Wildman–Crippen MR) is 137 cm³/mol. The van der Waals surface area contributed by atoms with Crippen molar-refractivity contribution < 1.29 is 36.7 Å². The van der Waals surface area contributed by atoms with Gasteiger partial charge in [0, 0.05) is 50.5 Å². The first-order valence-corrected chi connectivity index (χ1v) is 12.8. The standard InChI is InChI=1S/C28H30F4N4O4/c1-4-40-26(38)23-22(34(3)27(39)33-24(23)18-5-9-20(10-6-18)28(30,31)32)16-35-13-14-36(17(2)15-35)25(37)19-7-11-21(29)12-8-19/h5-12,17,24H,4,13-16H2,1-3H3,(H,33,39)/t17-,24+/m1/s1. The third-order valence-corrected chi connectivity index (χ3v) is 7.08. The van der Waals surface area contributed by atoms with E-state index in [0.29, 0.717) is 36.5 Å². The number of carbonyl (C=O) groups excluding carboxylic acids is 3. The molecular weight excluding hydrogens is 532 g/mol. The summed E-state index contributed by atoms with van der Waals surface area (Å²) < 4.78 is 57.9. The molecule has 12 heteroatoms. The van der Waals surface area contributed by atoms with Crippen molar-refractivity contribution in [2.45, 2.75) is 32.1 Å². The normalized spacial score (nSPS) is 20.4. The van der Waals surface area contributed by atoms with Crippen LogP contribution in [0.2, 0.25) is 0 Å². The van der Waals surface area contributed by atoms with E-state index in [1.165, 1.54) is 48.3 Å². The highest BCUT2D eigenvalue weighted by molar-refractivity contribution is 5.95. The number of ether oxygens (including phenoxy) is 1. The van der Waals surface area contributed by atoms with Crippen LogP contribution in [0.3, 0.4) is 0 Å². The van der Waals surface area contributed by atoms with Crippen molar-refractivity contribution in [2.75, 3.05) is 39.8 Å². The lowest BCUT2D eigenvalue weighted by Gasteiger charge is -2.42. The fourth-order valence-corrected chi connectivity index (χ4v) is 4.96. The lowest BCUT2D eigenvalue weighted by atomic mass is 9.93. The van der Waals surface area contributed by atoms with Gasteiger partial charge in [0.05, 0.1) is 23.8 Å². The number of halogens is 4. The molecule has 2 aliphatic rings. The highest BCUT2D eigenvalue weighted by atomic mass is 19.4. The Balaban J connectivity index is 1.60. The lowest BCUT2D eigenvalue weighted by molar-refractivity contribution is -0.139. The molecular formula is C28H30F4N4O4. The van der Waals surface area contributed by atoms with Gasteiger partial charge in [0.15, 0.2) is 0 Å². The molecule has 214 valence electrons. The van der Waals surface area contributed by atoms with E-state index in [9.17, 15) is 31.9 Å². The summed E-state index contributed by atoms with van der Waals surface area (Å²) >= 11 is 0. The second-order valence-electron chi connectivity index (χ2n) is 9.73. The number of benzene rings is 2. The number of esters is 1. The first-order chi connectivity index (χ1) is 18.9. The van der Waals surface area contributed by atoms with Crippen LogP contribution in [0.1, 0.15) is 41.4 Å². The van der Waals surface area contributed by atoms with Gasteiger partial charge >= 0.3 is 18.2 Å². The van der Waals surface area contributed by atoms with E-state index in [1.807, 2.05) is 11.8 Å². The second-order valence-corrected chi connectivity index (χ2v) is 9.73. The van der Waals surface area contributed by atoms with Gasteiger partial charge in [0.1, 0.15) is 5.82 Å². The largest absolute Gasteiger partial charge is 0.463 e. The molecule has 0 bridgehead atoms. The molecule has 40 heavy (non-hydrogen) atoms. The number of nitrogens with zero attached hydrogens (tertiary/aromatic N) is 3. The number of urea groups is 1. The van der Waals surface area contributed by atoms with Crippen LogP contribution in [0, 0.1) is 5.82 Å². The number of likely N-dealkylation sites (N-methyl/N-ethyl adjacent to an activating group) is 1. The summed E-state index contributed by atoms with van der Waals surface area (Å²) in [5.74, 6) is -1.35. The summed E-state index contributed by atoms with van der Waals surface area (Å²) in [6.07, 6.45) is -4.53. The SMILES string of the molecule is CCOC(=O)C1=C(CN2CCN(C(=O)c3ccc(F)cc3)[C@H](C)C2)N(C)C(=O)N[C@H]1c1ccc(C(F)(F)F)cc1. The number of rotatable bonds is 6. The zero-order valence-corrected chi connectivity index (χ0v) is 22.3. The Labute approximate surface area is 229 Å². The van der Waals surface area contributed by atoms with Gasteiger partial charge in [-0.3, -0.25) is 14.6 Å². The third kappa shape index (κ3) is 6.11. The number of hydrogen-bond donors (Lipinski definition) is 1. The Morgan fingerprint density at radius 1 is 1.05 bits per heavy atom. The number of nitrogens with one attached hydrogen (secondary N) is 1. The van der Waals surface area contributed by atoms with Crippen LogP contribution in [-0.4, -0.2) is 78.5 Å². The maximum absolute atomic E-state index is 13.3. The summed E-state index contributed by atoms with van der Waals surface area (Å²) in [7, 11) is 1.50. The fourth-order valence-electron chi connectivity index (χ4n) is 4.96. The Hall–Kier alpha value is -3.93. The van der Waals surface area contributed by atoms with Crippen molar-refractivity contribution in [1.29, 1.82) is 0 Å². The van der Waals surface area contributed by atoms with E-state index in [-0.39, 0.29) is 30.7 Å². The number of piperazine rings is 1. The highest BCUT2D eigenvalue weighted by Gasteiger charge is 2.39. The summed E-state index contributed by atoms with van der Waals surface area (Å²) in [6, 6.07) is 7.84. The molecule has 2 aromatic carbocycles. The molecule has 2 aromatic rings. The molecule has 0 unspecified atom stereocenters. The first kappa shape index (κ1) is 29.1. The highest BCUT2D eigenvalue weighted by Crippen LogP contribution is 2.34. The number of amides is 3. The Bertz CT molecular complexity index is 1290. The molecule has 2 heterocycles. The molecule has 1 fully saturated rings. The minimum atomic E-state index is -4.53. The summed E-state index contributed by atoms with van der Waals surface area (Å²) in [6.45, 7) is 4.94. The Morgan fingerprint density at radius 3 is 2.27 bits per heavy atom. The third-order valence-electron chi connectivity index (χ3n) is 7.08. The smallest absolute Gasteiger partial charge is 0.416 e. The summed E-state index contributed by atoms with van der Waals surface area (Å²) in [4.78, 5) is 44.1. The van der Waals surface area contributed by atoms with Gasteiger partial charge in [0.2, 0.25) is 0 Å². The van der Waals surface area contributed by atoms with Gasteiger partial charge in [-0.15, -0.1) is 0 Å². The Kier molecular flexibility index (Phi) is 8.48. The zero-order valence-electron chi connectivity index (χ0n) is 22.3. The number of carbonyl (C=O) groups is 3. The van der Waals surface area contributed by atoms with E-state index in [0.717, 1.165) is 12.1 Å². The van der Waals surface area contributed by atoms with Crippen LogP contribution in [0.5, 0.6) is 0 Å². The fraction of sp³-hybridized carbons (Fsp3) is 0.393. The molecule has 1 saturated heterocycles. The van der Waals surface area contributed by atoms with Crippen LogP contribution in [0.25, 0.3) is 0 Å². The van der Waals surface area contributed by atoms with E-state index in [2.05, 4.69) is 5.32 Å². The van der Waals surface area contributed by atoms with Crippen LogP contribution >= 0.6 is 0 Å². The first-order valence-electron chi connectivity index (χ1n) is 12.8. The van der Waals surface area contributed by atoms with E-state index < -0.39 is 35.6 Å².